The predicted octanol–water partition coefficient (Wildman–Crippen LogP) is 5.28. The summed E-state index contributed by atoms with van der Waals surface area (Å²) >= 11 is 0. The molecule has 8 heteroatoms. The molecule has 0 atom stereocenters. The summed E-state index contributed by atoms with van der Waals surface area (Å²) in [5, 5.41) is 7.49. The van der Waals surface area contributed by atoms with Crippen LogP contribution in [-0.2, 0) is 0 Å². The van der Waals surface area contributed by atoms with Crippen molar-refractivity contribution < 1.29 is 14.2 Å². The molecule has 0 spiro atoms. The molecule has 4 aromatic rings. The first-order valence-corrected chi connectivity index (χ1v) is 9.14. The van der Waals surface area contributed by atoms with Gasteiger partial charge in [-0.2, -0.15) is 4.98 Å². The van der Waals surface area contributed by atoms with Crippen LogP contribution in [-0.4, -0.2) is 23.9 Å². The number of hydrogen-bond acceptors (Lipinski definition) is 7. The first-order chi connectivity index (χ1) is 14.3. The summed E-state index contributed by atoms with van der Waals surface area (Å²) < 4.78 is 16.3. The molecule has 5 rings (SSSR count). The fourth-order valence-electron chi connectivity index (χ4n) is 3.20. The number of para-hydroxylation sites is 2. The molecule has 0 amide bonds. The van der Waals surface area contributed by atoms with Crippen LogP contribution in [0.25, 0.3) is 10.9 Å². The molecule has 0 fully saturated rings. The number of anilines is 4. The van der Waals surface area contributed by atoms with E-state index in [-0.39, 0.29) is 19.2 Å². The third kappa shape index (κ3) is 3.75. The molecule has 0 unspecified atom stereocenters. The minimum absolute atomic E-state index is 0. The van der Waals surface area contributed by atoms with Gasteiger partial charge in [-0.3, -0.25) is 0 Å². The molecule has 0 aliphatic carbocycles. The van der Waals surface area contributed by atoms with Crippen LogP contribution in [0.5, 0.6) is 17.2 Å². The van der Waals surface area contributed by atoms with Crippen LogP contribution in [0.15, 0.2) is 66.7 Å². The second-order valence-electron chi connectivity index (χ2n) is 6.44. The maximum Gasteiger partial charge on any atom is 0.231 e. The average Bonchev–Trinajstić information content (AvgIpc) is 3.22. The smallest absolute Gasteiger partial charge is 0.231 e. The number of rotatable bonds is 5. The highest BCUT2D eigenvalue weighted by Gasteiger charge is 2.15. The van der Waals surface area contributed by atoms with Crippen LogP contribution < -0.4 is 24.8 Å². The number of methoxy groups -OCH3 is 1. The minimum atomic E-state index is 0. The van der Waals surface area contributed by atoms with Gasteiger partial charge < -0.3 is 24.8 Å². The first-order valence-electron chi connectivity index (χ1n) is 9.14. The van der Waals surface area contributed by atoms with Crippen molar-refractivity contribution in [2.24, 2.45) is 0 Å². The number of aromatic nitrogens is 2. The summed E-state index contributed by atoms with van der Waals surface area (Å²) in [7, 11) is 1.63. The zero-order chi connectivity index (χ0) is 19.6. The lowest BCUT2D eigenvalue weighted by Gasteiger charge is -2.13. The van der Waals surface area contributed by atoms with Crippen LogP contribution in [0.1, 0.15) is 0 Å². The van der Waals surface area contributed by atoms with E-state index >= 15 is 0 Å². The lowest BCUT2D eigenvalue weighted by atomic mass is 10.2. The summed E-state index contributed by atoms with van der Waals surface area (Å²) in [6, 6.07) is 21.3. The van der Waals surface area contributed by atoms with Gasteiger partial charge >= 0.3 is 0 Å². The molecule has 2 heterocycles. The summed E-state index contributed by atoms with van der Waals surface area (Å²) in [4.78, 5) is 9.38. The van der Waals surface area contributed by atoms with E-state index in [1.807, 2.05) is 66.7 Å². The van der Waals surface area contributed by atoms with Gasteiger partial charge in [0.25, 0.3) is 0 Å². The van der Waals surface area contributed by atoms with Gasteiger partial charge in [-0.1, -0.05) is 24.3 Å². The Balaban J connectivity index is 0.00000218. The molecule has 3 aromatic carbocycles. The van der Waals surface area contributed by atoms with Crippen LogP contribution >= 0.6 is 12.4 Å². The second-order valence-corrected chi connectivity index (χ2v) is 6.44. The van der Waals surface area contributed by atoms with Gasteiger partial charge in [0.1, 0.15) is 17.1 Å². The maximum absolute atomic E-state index is 5.52. The van der Waals surface area contributed by atoms with Gasteiger partial charge in [0, 0.05) is 22.8 Å². The molecule has 152 valence electrons. The lowest BCUT2D eigenvalue weighted by Crippen LogP contribution is -2.03. The molecule has 7 nitrogen and oxygen atoms in total. The van der Waals surface area contributed by atoms with Crippen molar-refractivity contribution >= 4 is 46.5 Å². The maximum atomic E-state index is 5.52. The molecule has 1 aliphatic heterocycles. The molecule has 0 bridgehead atoms. The summed E-state index contributed by atoms with van der Waals surface area (Å²) in [5.41, 5.74) is 2.45. The summed E-state index contributed by atoms with van der Waals surface area (Å²) in [6.45, 7) is 0.230. The highest BCUT2D eigenvalue weighted by molar-refractivity contribution is 5.95. The van der Waals surface area contributed by atoms with Crippen molar-refractivity contribution in [2.75, 3.05) is 24.5 Å². The molecule has 30 heavy (non-hydrogen) atoms. The number of halogens is 1. The molecular weight excluding hydrogens is 404 g/mol. The van der Waals surface area contributed by atoms with E-state index in [0.717, 1.165) is 22.5 Å². The number of fused-ring (bicyclic) bond motifs is 2. The van der Waals surface area contributed by atoms with E-state index in [0.29, 0.717) is 28.8 Å². The Kier molecular flexibility index (Phi) is 5.45. The molecule has 0 saturated heterocycles. The fourth-order valence-corrected chi connectivity index (χ4v) is 3.20. The van der Waals surface area contributed by atoms with Gasteiger partial charge in [-0.25, -0.2) is 4.98 Å². The standard InChI is InChI=1S/C22H18N4O3.ClH/c1-27-18-9-5-8-16-20(18)25-22(26-21(16)23-14-6-3-2-4-7-14)24-15-10-11-17-19(12-15)29-13-28-17;/h2-12H,13H2,1H3,(H2,23,24,25,26);1H. The van der Waals surface area contributed by atoms with Crippen molar-refractivity contribution in [1.29, 1.82) is 0 Å². The van der Waals surface area contributed by atoms with E-state index in [9.17, 15) is 0 Å². The Morgan fingerprint density at radius 2 is 1.67 bits per heavy atom. The van der Waals surface area contributed by atoms with Gasteiger partial charge in [-0.15, -0.1) is 12.4 Å². The lowest BCUT2D eigenvalue weighted by molar-refractivity contribution is 0.174. The van der Waals surface area contributed by atoms with Crippen molar-refractivity contribution in [1.82, 2.24) is 9.97 Å². The average molecular weight is 423 g/mol. The van der Waals surface area contributed by atoms with Gasteiger partial charge in [0.2, 0.25) is 12.7 Å². The predicted molar refractivity (Wildman–Crippen MR) is 119 cm³/mol. The Morgan fingerprint density at radius 1 is 0.833 bits per heavy atom. The number of benzene rings is 3. The molecule has 0 radical (unpaired) electrons. The third-order valence-corrected chi connectivity index (χ3v) is 4.57. The van der Waals surface area contributed by atoms with Crippen LogP contribution in [0.3, 0.4) is 0 Å². The summed E-state index contributed by atoms with van der Waals surface area (Å²) in [5.74, 6) is 3.22. The van der Waals surface area contributed by atoms with Crippen molar-refractivity contribution in [3.63, 3.8) is 0 Å². The molecule has 2 N–H and O–H groups in total. The number of hydrogen-bond donors (Lipinski definition) is 2. The minimum Gasteiger partial charge on any atom is -0.494 e. The number of nitrogens with one attached hydrogen (secondary N) is 2. The molecular formula is C22H19ClN4O3. The monoisotopic (exact) mass is 422 g/mol. The van der Waals surface area contributed by atoms with Crippen LogP contribution in [0.2, 0.25) is 0 Å². The van der Waals surface area contributed by atoms with Gasteiger partial charge in [-0.05, 0) is 36.4 Å². The summed E-state index contributed by atoms with van der Waals surface area (Å²) in [6.07, 6.45) is 0. The van der Waals surface area contributed by atoms with E-state index in [2.05, 4.69) is 15.6 Å². The SMILES string of the molecule is COc1cccc2c(Nc3ccccc3)nc(Nc3ccc4c(c3)OCO4)nc12.Cl. The van der Waals surface area contributed by atoms with E-state index in [1.165, 1.54) is 0 Å². The Bertz CT molecular complexity index is 1190. The van der Waals surface area contributed by atoms with Crippen molar-refractivity contribution in [3.05, 3.63) is 66.7 Å². The highest BCUT2D eigenvalue weighted by atomic mass is 35.5. The van der Waals surface area contributed by atoms with E-state index in [1.54, 1.807) is 7.11 Å². The topological polar surface area (TPSA) is 77.5 Å². The quantitative estimate of drug-likeness (QED) is 0.453. The Hall–Kier alpha value is -3.71. The van der Waals surface area contributed by atoms with Crippen molar-refractivity contribution in [2.45, 2.75) is 0 Å². The van der Waals surface area contributed by atoms with Gasteiger partial charge in [0.15, 0.2) is 11.5 Å². The highest BCUT2D eigenvalue weighted by Crippen LogP contribution is 2.36. The molecule has 1 aliphatic rings. The third-order valence-electron chi connectivity index (χ3n) is 4.57. The van der Waals surface area contributed by atoms with Crippen molar-refractivity contribution in [3.8, 4) is 17.2 Å². The zero-order valence-corrected chi connectivity index (χ0v) is 16.9. The Morgan fingerprint density at radius 3 is 2.50 bits per heavy atom. The molecule has 1 aromatic heterocycles. The van der Waals surface area contributed by atoms with Gasteiger partial charge in [0.05, 0.1) is 7.11 Å². The normalized spacial score (nSPS) is 11.6. The Labute approximate surface area is 179 Å². The zero-order valence-electron chi connectivity index (χ0n) is 16.1. The second kappa shape index (κ2) is 8.34. The first kappa shape index (κ1) is 19.6. The number of nitrogens with zero attached hydrogens (tertiary/aromatic N) is 2. The van der Waals surface area contributed by atoms with Crippen LogP contribution in [0, 0.1) is 0 Å². The molecule has 0 saturated carbocycles. The fraction of sp³-hybridized carbons (Fsp3) is 0.0909. The van der Waals surface area contributed by atoms with E-state index < -0.39 is 0 Å². The van der Waals surface area contributed by atoms with Crippen LogP contribution in [0.4, 0.5) is 23.1 Å². The van der Waals surface area contributed by atoms with E-state index in [4.69, 9.17) is 19.2 Å². The largest absolute Gasteiger partial charge is 0.494 e. The number of ether oxygens (including phenoxy) is 3.